The summed E-state index contributed by atoms with van der Waals surface area (Å²) in [5, 5.41) is 0. The van der Waals surface area contributed by atoms with Crippen LogP contribution in [0.25, 0.3) is 0 Å². The Morgan fingerprint density at radius 3 is 2.73 bits per heavy atom. The molecule has 1 heterocycles. The molecule has 1 unspecified atom stereocenters. The van der Waals surface area contributed by atoms with Gasteiger partial charge in [0.25, 0.3) is 0 Å². The first-order valence-corrected chi connectivity index (χ1v) is 5.16. The lowest BCUT2D eigenvalue weighted by atomic mass is 9.99. The first-order valence-electron chi connectivity index (χ1n) is 5.16. The number of aliphatic imine (C=N–C) groups is 2. The summed E-state index contributed by atoms with van der Waals surface area (Å²) in [6, 6.07) is 0. The lowest BCUT2D eigenvalue weighted by molar-refractivity contribution is 0.214. The Balaban J connectivity index is 2.38. The van der Waals surface area contributed by atoms with Gasteiger partial charge in [-0.1, -0.05) is 0 Å². The third-order valence-electron chi connectivity index (χ3n) is 2.48. The van der Waals surface area contributed by atoms with E-state index >= 15 is 0 Å². The first kappa shape index (κ1) is 11.8. The van der Waals surface area contributed by atoms with Gasteiger partial charge in [-0.25, -0.2) is 0 Å². The number of piperidine rings is 1. The molecule has 0 aromatic heterocycles. The van der Waals surface area contributed by atoms with Crippen molar-refractivity contribution in [3.63, 3.8) is 0 Å². The van der Waals surface area contributed by atoms with Crippen molar-refractivity contribution in [2.45, 2.75) is 12.8 Å². The monoisotopic (exact) mass is 212 g/mol. The topological polar surface area (TPSA) is 106 Å². The Morgan fingerprint density at radius 1 is 1.40 bits per heavy atom. The number of likely N-dealkylation sites (tertiary alicyclic amines) is 1. The van der Waals surface area contributed by atoms with Gasteiger partial charge in [0.05, 0.1) is 0 Å². The molecule has 15 heavy (non-hydrogen) atoms. The van der Waals surface area contributed by atoms with Crippen LogP contribution in [0.4, 0.5) is 0 Å². The van der Waals surface area contributed by atoms with Gasteiger partial charge in [-0.2, -0.15) is 4.99 Å². The van der Waals surface area contributed by atoms with Crippen LogP contribution >= 0.6 is 0 Å². The van der Waals surface area contributed by atoms with Crippen LogP contribution in [0.15, 0.2) is 9.98 Å². The van der Waals surface area contributed by atoms with Gasteiger partial charge < -0.3 is 22.1 Å². The Labute approximate surface area is 90.2 Å². The summed E-state index contributed by atoms with van der Waals surface area (Å²) in [6.07, 6.45) is 2.42. The number of guanidine groups is 2. The van der Waals surface area contributed by atoms with Crippen LogP contribution in [0.3, 0.4) is 0 Å². The molecule has 0 aromatic carbocycles. The van der Waals surface area contributed by atoms with Crippen molar-refractivity contribution in [2.75, 3.05) is 26.7 Å². The zero-order valence-electron chi connectivity index (χ0n) is 9.19. The zero-order chi connectivity index (χ0) is 11.3. The van der Waals surface area contributed by atoms with Crippen molar-refractivity contribution < 1.29 is 0 Å². The van der Waals surface area contributed by atoms with E-state index in [0.717, 1.165) is 6.54 Å². The van der Waals surface area contributed by atoms with Gasteiger partial charge in [-0.15, -0.1) is 0 Å². The molecular formula is C9H20N6. The third-order valence-corrected chi connectivity index (χ3v) is 2.48. The highest BCUT2D eigenvalue weighted by atomic mass is 15.1. The summed E-state index contributed by atoms with van der Waals surface area (Å²) in [5.74, 6) is 0.691. The fourth-order valence-electron chi connectivity index (χ4n) is 1.81. The maximum Gasteiger partial charge on any atom is 0.218 e. The van der Waals surface area contributed by atoms with Crippen molar-refractivity contribution in [3.8, 4) is 0 Å². The van der Waals surface area contributed by atoms with Crippen LogP contribution in [-0.2, 0) is 0 Å². The first-order chi connectivity index (χ1) is 7.08. The van der Waals surface area contributed by atoms with E-state index in [1.54, 1.807) is 0 Å². The van der Waals surface area contributed by atoms with Gasteiger partial charge in [0.15, 0.2) is 5.96 Å². The standard InChI is InChI=1S/C9H20N6/c1-15-4-2-3-7(6-15)5-13-9(12)14-8(10)11/h7H,2-6H2,1H3,(H6,10,11,12,13,14). The second kappa shape index (κ2) is 5.55. The third kappa shape index (κ3) is 4.64. The van der Waals surface area contributed by atoms with Crippen LogP contribution < -0.4 is 17.2 Å². The molecule has 6 N–H and O–H groups in total. The average molecular weight is 212 g/mol. The normalized spacial score (nSPS) is 23.8. The molecule has 0 amide bonds. The van der Waals surface area contributed by atoms with Gasteiger partial charge >= 0.3 is 0 Å². The largest absolute Gasteiger partial charge is 0.370 e. The quantitative estimate of drug-likeness (QED) is 0.399. The number of nitrogens with two attached hydrogens (primary N) is 3. The highest BCUT2D eigenvalue weighted by Gasteiger charge is 2.16. The smallest absolute Gasteiger partial charge is 0.218 e. The lowest BCUT2D eigenvalue weighted by Crippen LogP contribution is -2.33. The molecular weight excluding hydrogens is 192 g/mol. The second-order valence-electron chi connectivity index (χ2n) is 4.01. The second-order valence-corrected chi connectivity index (χ2v) is 4.01. The van der Waals surface area contributed by atoms with Gasteiger partial charge in [0.2, 0.25) is 5.96 Å². The predicted octanol–water partition coefficient (Wildman–Crippen LogP) is -1.08. The molecule has 1 atom stereocenters. The molecule has 0 aliphatic carbocycles. The van der Waals surface area contributed by atoms with E-state index < -0.39 is 0 Å². The van der Waals surface area contributed by atoms with E-state index in [2.05, 4.69) is 21.9 Å². The number of hydrogen-bond acceptors (Lipinski definition) is 2. The van der Waals surface area contributed by atoms with E-state index in [-0.39, 0.29) is 11.9 Å². The molecule has 0 bridgehead atoms. The molecule has 1 saturated heterocycles. The van der Waals surface area contributed by atoms with E-state index in [4.69, 9.17) is 17.2 Å². The number of nitrogens with zero attached hydrogens (tertiary/aromatic N) is 3. The molecule has 1 fully saturated rings. The minimum Gasteiger partial charge on any atom is -0.370 e. The molecule has 1 rings (SSSR count). The van der Waals surface area contributed by atoms with Gasteiger partial charge in [0.1, 0.15) is 0 Å². The number of hydrogen-bond donors (Lipinski definition) is 3. The summed E-state index contributed by atoms with van der Waals surface area (Å²) >= 11 is 0. The minimum atomic E-state index is -0.0444. The van der Waals surface area contributed by atoms with Crippen LogP contribution in [0.1, 0.15) is 12.8 Å². The van der Waals surface area contributed by atoms with E-state index in [0.29, 0.717) is 12.5 Å². The maximum absolute atomic E-state index is 5.52. The Kier molecular flexibility index (Phi) is 4.36. The fourth-order valence-corrected chi connectivity index (χ4v) is 1.81. The maximum atomic E-state index is 5.52. The molecule has 0 saturated carbocycles. The summed E-state index contributed by atoms with van der Waals surface area (Å²) in [7, 11) is 2.12. The molecule has 6 heteroatoms. The Morgan fingerprint density at radius 2 is 2.13 bits per heavy atom. The minimum absolute atomic E-state index is 0.0444. The molecule has 0 spiro atoms. The van der Waals surface area contributed by atoms with Crippen molar-refractivity contribution in [1.29, 1.82) is 0 Å². The zero-order valence-corrected chi connectivity index (χ0v) is 9.19. The summed E-state index contributed by atoms with van der Waals surface area (Å²) in [5.41, 5.74) is 15.9. The van der Waals surface area contributed by atoms with Crippen LogP contribution in [-0.4, -0.2) is 43.5 Å². The highest BCUT2D eigenvalue weighted by Crippen LogP contribution is 2.14. The molecule has 1 aliphatic rings. The molecule has 0 radical (unpaired) electrons. The lowest BCUT2D eigenvalue weighted by Gasteiger charge is -2.28. The van der Waals surface area contributed by atoms with Crippen molar-refractivity contribution in [1.82, 2.24) is 4.90 Å². The SMILES string of the molecule is CN1CCCC(CN=C(N)N=C(N)N)C1. The Bertz CT molecular complexity index is 255. The van der Waals surface area contributed by atoms with E-state index in [9.17, 15) is 0 Å². The summed E-state index contributed by atoms with van der Waals surface area (Å²) in [4.78, 5) is 10.1. The van der Waals surface area contributed by atoms with Crippen molar-refractivity contribution in [2.24, 2.45) is 33.1 Å². The van der Waals surface area contributed by atoms with Gasteiger partial charge in [0, 0.05) is 13.1 Å². The molecule has 86 valence electrons. The highest BCUT2D eigenvalue weighted by molar-refractivity contribution is 5.92. The van der Waals surface area contributed by atoms with E-state index in [1.165, 1.54) is 19.4 Å². The van der Waals surface area contributed by atoms with Gasteiger partial charge in [-0.3, -0.25) is 4.99 Å². The predicted molar refractivity (Wildman–Crippen MR) is 62.5 cm³/mol. The van der Waals surface area contributed by atoms with Crippen LogP contribution in [0.2, 0.25) is 0 Å². The number of rotatable bonds is 2. The molecule has 1 aliphatic heterocycles. The molecule has 6 nitrogen and oxygen atoms in total. The van der Waals surface area contributed by atoms with Crippen molar-refractivity contribution in [3.05, 3.63) is 0 Å². The fraction of sp³-hybridized carbons (Fsp3) is 0.778. The van der Waals surface area contributed by atoms with E-state index in [1.807, 2.05) is 0 Å². The summed E-state index contributed by atoms with van der Waals surface area (Å²) < 4.78 is 0. The summed E-state index contributed by atoms with van der Waals surface area (Å²) in [6.45, 7) is 2.94. The molecule has 0 aromatic rings. The van der Waals surface area contributed by atoms with Gasteiger partial charge in [-0.05, 0) is 32.4 Å². The average Bonchev–Trinajstić information content (AvgIpc) is 2.14. The van der Waals surface area contributed by atoms with Crippen molar-refractivity contribution >= 4 is 11.9 Å². The Hall–Kier alpha value is -1.30. The van der Waals surface area contributed by atoms with Crippen LogP contribution in [0.5, 0.6) is 0 Å². The van der Waals surface area contributed by atoms with Crippen LogP contribution in [0, 0.1) is 5.92 Å².